The predicted molar refractivity (Wildman–Crippen MR) is 117 cm³/mol. The highest BCUT2D eigenvalue weighted by Crippen LogP contribution is 2.27. The summed E-state index contributed by atoms with van der Waals surface area (Å²) in [7, 11) is 3.39. The maximum Gasteiger partial charge on any atom is 0.223 e. The molecule has 29 heavy (non-hydrogen) atoms. The Morgan fingerprint density at radius 3 is 2.59 bits per heavy atom. The fourth-order valence-corrected chi connectivity index (χ4v) is 3.56. The minimum absolute atomic E-state index is 0.0644. The summed E-state index contributed by atoms with van der Waals surface area (Å²) in [5, 5.41) is 9.82. The second-order valence-electron chi connectivity index (χ2n) is 7.90. The first-order chi connectivity index (χ1) is 13.9. The number of guanidine groups is 1. The first-order valence-electron chi connectivity index (χ1n) is 10.5. The van der Waals surface area contributed by atoms with Crippen molar-refractivity contribution >= 4 is 11.9 Å². The second-order valence-corrected chi connectivity index (χ2v) is 7.90. The van der Waals surface area contributed by atoms with Crippen LogP contribution in [-0.4, -0.2) is 50.8 Å². The quantitative estimate of drug-likeness (QED) is 0.458. The molecule has 0 aromatic heterocycles. The molecule has 0 radical (unpaired) electrons. The lowest BCUT2D eigenvalue weighted by Gasteiger charge is -2.30. The van der Waals surface area contributed by atoms with E-state index in [4.69, 9.17) is 9.47 Å². The van der Waals surface area contributed by atoms with Crippen LogP contribution in [0.15, 0.2) is 29.3 Å². The number of amides is 1. The van der Waals surface area contributed by atoms with Crippen LogP contribution in [0.1, 0.15) is 46.5 Å². The third-order valence-electron chi connectivity index (χ3n) is 4.99. The minimum atomic E-state index is -0.0687. The van der Waals surface area contributed by atoms with Crippen molar-refractivity contribution < 1.29 is 14.3 Å². The van der Waals surface area contributed by atoms with Crippen molar-refractivity contribution in [2.75, 3.05) is 20.7 Å². The van der Waals surface area contributed by atoms with Crippen LogP contribution in [0.5, 0.6) is 11.5 Å². The van der Waals surface area contributed by atoms with Crippen molar-refractivity contribution in [3.8, 4) is 11.5 Å². The van der Waals surface area contributed by atoms with Gasteiger partial charge in [-0.15, -0.1) is 0 Å². The molecule has 1 fully saturated rings. The lowest BCUT2D eigenvalue weighted by molar-refractivity contribution is -0.126. The van der Waals surface area contributed by atoms with E-state index in [1.165, 1.54) is 0 Å². The normalized spacial score (nSPS) is 20.7. The number of hydrogen-bond donors (Lipinski definition) is 3. The highest BCUT2D eigenvalue weighted by atomic mass is 16.5. The van der Waals surface area contributed by atoms with Crippen molar-refractivity contribution in [1.29, 1.82) is 0 Å². The molecule has 1 aromatic rings. The van der Waals surface area contributed by atoms with Gasteiger partial charge in [0, 0.05) is 25.0 Å². The summed E-state index contributed by atoms with van der Waals surface area (Å²) in [6.07, 6.45) is 3.79. The average molecular weight is 405 g/mol. The Kier molecular flexibility index (Phi) is 9.09. The maximum atomic E-state index is 12.3. The van der Waals surface area contributed by atoms with Crippen molar-refractivity contribution in [2.45, 2.75) is 64.6 Å². The molecule has 0 heterocycles. The van der Waals surface area contributed by atoms with E-state index in [9.17, 15) is 4.79 Å². The number of carbonyl (C=O) groups is 1. The van der Waals surface area contributed by atoms with E-state index in [2.05, 4.69) is 20.9 Å². The van der Waals surface area contributed by atoms with Gasteiger partial charge >= 0.3 is 0 Å². The van der Waals surface area contributed by atoms with Gasteiger partial charge in [-0.25, -0.2) is 0 Å². The number of rotatable bonds is 8. The van der Waals surface area contributed by atoms with Gasteiger partial charge in [0.1, 0.15) is 6.10 Å². The summed E-state index contributed by atoms with van der Waals surface area (Å²) in [6, 6.07) is 8.03. The Morgan fingerprint density at radius 1 is 1.21 bits per heavy atom. The zero-order chi connectivity index (χ0) is 21.2. The van der Waals surface area contributed by atoms with E-state index in [1.54, 1.807) is 14.2 Å². The lowest BCUT2D eigenvalue weighted by atomic mass is 9.85. The van der Waals surface area contributed by atoms with E-state index in [-0.39, 0.29) is 30.0 Å². The second kappa shape index (κ2) is 11.5. The van der Waals surface area contributed by atoms with Gasteiger partial charge in [-0.2, -0.15) is 0 Å². The number of benzene rings is 1. The fourth-order valence-electron chi connectivity index (χ4n) is 3.56. The summed E-state index contributed by atoms with van der Waals surface area (Å²) in [5.74, 6) is 2.39. The molecule has 162 valence electrons. The Balaban J connectivity index is 1.81. The summed E-state index contributed by atoms with van der Waals surface area (Å²) >= 11 is 0. The summed E-state index contributed by atoms with van der Waals surface area (Å²) in [6.45, 7) is 6.59. The lowest BCUT2D eigenvalue weighted by Crippen LogP contribution is -2.49. The van der Waals surface area contributed by atoms with Crippen molar-refractivity contribution in [3.05, 3.63) is 24.3 Å². The van der Waals surface area contributed by atoms with E-state index in [0.717, 1.165) is 43.1 Å². The van der Waals surface area contributed by atoms with E-state index in [0.29, 0.717) is 6.54 Å². The van der Waals surface area contributed by atoms with Gasteiger partial charge in [0.15, 0.2) is 17.5 Å². The third-order valence-corrected chi connectivity index (χ3v) is 4.99. The summed E-state index contributed by atoms with van der Waals surface area (Å²) in [5.41, 5.74) is 0. The van der Waals surface area contributed by atoms with Crippen LogP contribution in [-0.2, 0) is 4.79 Å². The Morgan fingerprint density at radius 2 is 1.93 bits per heavy atom. The number of nitrogens with one attached hydrogen (secondary N) is 3. The Labute approximate surface area is 174 Å². The molecule has 1 aliphatic carbocycles. The number of nitrogens with zero attached hydrogens (tertiary/aromatic N) is 1. The van der Waals surface area contributed by atoms with Crippen LogP contribution >= 0.6 is 0 Å². The Bertz CT molecular complexity index is 678. The van der Waals surface area contributed by atoms with Crippen LogP contribution in [0.2, 0.25) is 0 Å². The highest BCUT2D eigenvalue weighted by Gasteiger charge is 2.28. The molecule has 3 N–H and O–H groups in total. The zero-order valence-electron chi connectivity index (χ0n) is 18.3. The molecule has 0 saturated heterocycles. The van der Waals surface area contributed by atoms with Gasteiger partial charge in [-0.1, -0.05) is 18.6 Å². The topological polar surface area (TPSA) is 84.0 Å². The van der Waals surface area contributed by atoms with E-state index >= 15 is 0 Å². The predicted octanol–water partition coefficient (Wildman–Crippen LogP) is 2.71. The molecule has 7 nitrogen and oxygen atoms in total. The van der Waals surface area contributed by atoms with Crippen LogP contribution in [0, 0.1) is 5.92 Å². The third kappa shape index (κ3) is 7.48. The van der Waals surface area contributed by atoms with Gasteiger partial charge in [0.25, 0.3) is 0 Å². The summed E-state index contributed by atoms with van der Waals surface area (Å²) < 4.78 is 11.3. The molecule has 0 bridgehead atoms. The average Bonchev–Trinajstić information content (AvgIpc) is 2.71. The molecule has 1 aromatic carbocycles. The SMILES string of the molecule is CN=C(NCC(C)Oc1ccccc1OC)NC1CCCC(C(=O)NC(C)C)C1. The monoisotopic (exact) mass is 404 g/mol. The maximum absolute atomic E-state index is 12.3. The van der Waals surface area contributed by atoms with Crippen LogP contribution in [0.3, 0.4) is 0 Å². The first kappa shape index (κ1) is 22.8. The molecule has 2 rings (SSSR count). The number of hydrogen-bond acceptors (Lipinski definition) is 4. The number of aliphatic imine (C=N–C) groups is 1. The van der Waals surface area contributed by atoms with Gasteiger partial charge < -0.3 is 25.4 Å². The number of methoxy groups -OCH3 is 1. The smallest absolute Gasteiger partial charge is 0.223 e. The molecule has 1 aliphatic rings. The molecular weight excluding hydrogens is 368 g/mol. The number of ether oxygens (including phenoxy) is 2. The Hall–Kier alpha value is -2.44. The van der Waals surface area contributed by atoms with Gasteiger partial charge in [-0.05, 0) is 52.2 Å². The van der Waals surface area contributed by atoms with Gasteiger partial charge in [0.05, 0.1) is 13.7 Å². The minimum Gasteiger partial charge on any atom is -0.493 e. The highest BCUT2D eigenvalue weighted by molar-refractivity contribution is 5.81. The van der Waals surface area contributed by atoms with Crippen molar-refractivity contribution in [2.24, 2.45) is 10.9 Å². The molecule has 0 spiro atoms. The van der Waals surface area contributed by atoms with Crippen LogP contribution in [0.4, 0.5) is 0 Å². The molecule has 3 atom stereocenters. The molecule has 1 amide bonds. The van der Waals surface area contributed by atoms with Gasteiger partial charge in [0.2, 0.25) is 5.91 Å². The molecule has 7 heteroatoms. The standard InChI is InChI=1S/C22H36N4O3/c1-15(2)25-21(27)17-9-8-10-18(13-17)26-22(23-4)24-14-16(3)29-20-12-7-6-11-19(20)28-5/h6-7,11-12,15-18H,8-10,13-14H2,1-5H3,(H,25,27)(H2,23,24,26). The molecule has 3 unspecified atom stereocenters. The largest absolute Gasteiger partial charge is 0.493 e. The van der Waals surface area contributed by atoms with E-state index < -0.39 is 0 Å². The first-order valence-corrected chi connectivity index (χ1v) is 10.5. The molecular formula is C22H36N4O3. The summed E-state index contributed by atoms with van der Waals surface area (Å²) in [4.78, 5) is 16.7. The number of carbonyl (C=O) groups excluding carboxylic acids is 1. The van der Waals surface area contributed by atoms with Crippen molar-refractivity contribution in [3.63, 3.8) is 0 Å². The fraction of sp³-hybridized carbons (Fsp3) is 0.636. The van der Waals surface area contributed by atoms with Crippen LogP contribution in [0.25, 0.3) is 0 Å². The zero-order valence-corrected chi connectivity index (χ0v) is 18.3. The molecule has 1 saturated carbocycles. The van der Waals surface area contributed by atoms with E-state index in [1.807, 2.05) is 45.0 Å². The van der Waals surface area contributed by atoms with Crippen molar-refractivity contribution in [1.82, 2.24) is 16.0 Å². The molecule has 0 aliphatic heterocycles. The van der Waals surface area contributed by atoms with Crippen LogP contribution < -0.4 is 25.4 Å². The number of para-hydroxylation sites is 2. The van der Waals surface area contributed by atoms with Gasteiger partial charge in [-0.3, -0.25) is 9.79 Å².